The molecule has 0 aromatic carbocycles. The molecule has 0 fully saturated rings. The molecule has 0 saturated heterocycles. The van der Waals surface area contributed by atoms with E-state index in [1.165, 1.54) is 0 Å². The minimum Gasteiger partial charge on any atom is -0.480 e. The standard InChI is InChI=1S/C6H15NO8P2S2/c1-19(18)3-4(6(8)9)7-2-5(16(10,11)12)17(13,14)15/h4-5,7H,2-3H2,1H3,(H,8,9)(H2,10,11,12)(H2,13,14,15). The molecule has 0 aliphatic carbocycles. The van der Waals surface area contributed by atoms with Gasteiger partial charge in [-0.25, -0.2) is 0 Å². The van der Waals surface area contributed by atoms with Crippen LogP contribution >= 0.6 is 15.2 Å². The lowest BCUT2D eigenvalue weighted by Crippen LogP contribution is -2.44. The van der Waals surface area contributed by atoms with Gasteiger partial charge >= 0.3 is 21.2 Å². The molecule has 114 valence electrons. The first-order chi connectivity index (χ1) is 8.35. The summed E-state index contributed by atoms with van der Waals surface area (Å²) in [4.78, 5) is 46.3. The van der Waals surface area contributed by atoms with Gasteiger partial charge in [0.05, 0.1) is 0 Å². The Kier molecular flexibility index (Phi) is 7.46. The molecule has 9 nitrogen and oxygen atoms in total. The average molecular weight is 355 g/mol. The number of hydrogen-bond acceptors (Lipinski definition) is 5. The Labute approximate surface area is 116 Å². The molecule has 0 spiro atoms. The zero-order chi connectivity index (χ0) is 15.4. The quantitative estimate of drug-likeness (QED) is 0.280. The van der Waals surface area contributed by atoms with Crippen molar-refractivity contribution in [1.82, 2.24) is 5.32 Å². The summed E-state index contributed by atoms with van der Waals surface area (Å²) in [5.74, 6) is -1.29. The van der Waals surface area contributed by atoms with Gasteiger partial charge < -0.3 is 30.0 Å². The van der Waals surface area contributed by atoms with Crippen LogP contribution in [0.2, 0.25) is 0 Å². The van der Waals surface area contributed by atoms with Crippen LogP contribution in [0, 0.1) is 0 Å². The van der Waals surface area contributed by atoms with Gasteiger partial charge in [-0.1, -0.05) is 11.2 Å². The number of carboxylic acid groups (broad SMARTS) is 1. The van der Waals surface area contributed by atoms with Gasteiger partial charge in [-0.05, 0) is 6.26 Å². The molecule has 6 N–H and O–H groups in total. The summed E-state index contributed by atoms with van der Waals surface area (Å²) in [5.41, 5.74) is 0. The van der Waals surface area contributed by atoms with E-state index in [0.717, 1.165) is 0 Å². The minimum atomic E-state index is -5.06. The van der Waals surface area contributed by atoms with Crippen molar-refractivity contribution in [3.05, 3.63) is 0 Å². The monoisotopic (exact) mass is 355 g/mol. The number of rotatable bonds is 8. The fraction of sp³-hybridized carbons (Fsp3) is 0.833. The number of carbonyl (C=O) groups is 1. The minimum absolute atomic E-state index is 0.0136. The third-order valence-corrected chi connectivity index (χ3v) is 6.96. The van der Waals surface area contributed by atoms with Crippen LogP contribution in [-0.4, -0.2) is 60.6 Å². The van der Waals surface area contributed by atoms with Crippen molar-refractivity contribution in [2.75, 3.05) is 18.6 Å². The summed E-state index contributed by atoms with van der Waals surface area (Å²) in [6, 6.07) is -1.22. The lowest BCUT2D eigenvalue weighted by molar-refractivity contribution is -0.138. The molecule has 0 radical (unpaired) electrons. The van der Waals surface area contributed by atoms with Gasteiger partial charge in [0.1, 0.15) is 6.04 Å². The van der Waals surface area contributed by atoms with E-state index in [-0.39, 0.29) is 5.75 Å². The fourth-order valence-corrected chi connectivity index (χ4v) is 4.53. The van der Waals surface area contributed by atoms with Gasteiger partial charge in [0.2, 0.25) is 0 Å². The van der Waals surface area contributed by atoms with E-state index in [9.17, 15) is 13.9 Å². The van der Waals surface area contributed by atoms with Gasteiger partial charge in [-0.15, -0.1) is 9.45 Å². The Balaban J connectivity index is 4.89. The summed E-state index contributed by atoms with van der Waals surface area (Å²) >= 11 is 4.82. The SMILES string of the molecule is CS(=S)CC(NCC(P(=O)(O)O)P(=O)(O)O)C(=O)O. The highest BCUT2D eigenvalue weighted by molar-refractivity contribution is 8.28. The van der Waals surface area contributed by atoms with Crippen molar-refractivity contribution in [2.45, 2.75) is 11.4 Å². The number of nitrogens with one attached hydrogen (secondary N) is 1. The van der Waals surface area contributed by atoms with Gasteiger partial charge in [0, 0.05) is 12.3 Å². The van der Waals surface area contributed by atoms with Gasteiger partial charge in [0.25, 0.3) is 0 Å². The van der Waals surface area contributed by atoms with Crippen molar-refractivity contribution in [3.63, 3.8) is 0 Å². The molecule has 0 heterocycles. The number of carboxylic acids is 1. The molecule has 19 heavy (non-hydrogen) atoms. The first kappa shape index (κ1) is 19.3. The molecule has 13 heteroatoms. The summed E-state index contributed by atoms with van der Waals surface area (Å²) < 4.78 is 22.0. The van der Waals surface area contributed by atoms with Crippen molar-refractivity contribution in [1.29, 1.82) is 0 Å². The van der Waals surface area contributed by atoms with Gasteiger partial charge in [-0.2, -0.15) is 0 Å². The molecular formula is C6H15NO8P2S2. The Morgan fingerprint density at radius 1 is 1.26 bits per heavy atom. The lowest BCUT2D eigenvalue weighted by Gasteiger charge is -2.22. The van der Waals surface area contributed by atoms with E-state index < -0.39 is 48.6 Å². The van der Waals surface area contributed by atoms with E-state index in [1.807, 2.05) is 0 Å². The average Bonchev–Trinajstić information content (AvgIpc) is 2.10. The largest absolute Gasteiger partial charge is 0.480 e. The Hall–Kier alpha value is 0.300. The van der Waals surface area contributed by atoms with Crippen LogP contribution in [0.3, 0.4) is 0 Å². The molecule has 0 bridgehead atoms. The van der Waals surface area contributed by atoms with Gasteiger partial charge in [0.15, 0.2) is 5.40 Å². The Bertz CT molecular complexity index is 423. The highest BCUT2D eigenvalue weighted by atomic mass is 32.8. The van der Waals surface area contributed by atoms with Crippen LogP contribution in [-0.2, 0) is 34.6 Å². The summed E-state index contributed by atoms with van der Waals surface area (Å²) in [6.45, 7) is -0.821. The summed E-state index contributed by atoms with van der Waals surface area (Å²) in [5, 5.41) is 8.80. The van der Waals surface area contributed by atoms with E-state index in [0.29, 0.717) is 0 Å². The van der Waals surface area contributed by atoms with Crippen molar-refractivity contribution < 1.29 is 38.6 Å². The highest BCUT2D eigenvalue weighted by Gasteiger charge is 2.43. The molecule has 0 aromatic rings. The van der Waals surface area contributed by atoms with Crippen LogP contribution < -0.4 is 5.32 Å². The van der Waals surface area contributed by atoms with E-state index in [4.69, 9.17) is 35.9 Å². The molecule has 0 rings (SSSR count). The highest BCUT2D eigenvalue weighted by Crippen LogP contribution is 2.59. The van der Waals surface area contributed by atoms with Crippen LogP contribution in [0.1, 0.15) is 0 Å². The van der Waals surface area contributed by atoms with Crippen molar-refractivity contribution in [3.8, 4) is 0 Å². The predicted octanol–water partition coefficient (Wildman–Crippen LogP) is -1.58. The van der Waals surface area contributed by atoms with Crippen molar-refractivity contribution >= 4 is 41.8 Å². The Morgan fingerprint density at radius 3 is 1.95 bits per heavy atom. The predicted molar refractivity (Wildman–Crippen MR) is 72.8 cm³/mol. The molecule has 0 aromatic heterocycles. The van der Waals surface area contributed by atoms with Gasteiger partial charge in [-0.3, -0.25) is 13.9 Å². The topological polar surface area (TPSA) is 164 Å². The van der Waals surface area contributed by atoms with Crippen LogP contribution in [0.15, 0.2) is 0 Å². The third-order valence-electron chi connectivity index (χ3n) is 2.02. The second kappa shape index (κ2) is 7.35. The lowest BCUT2D eigenvalue weighted by atomic mass is 10.3. The zero-order valence-corrected chi connectivity index (χ0v) is 13.2. The molecule has 0 aliphatic heterocycles. The summed E-state index contributed by atoms with van der Waals surface area (Å²) in [6.07, 6.45) is 1.59. The first-order valence-corrected chi connectivity index (χ1v) is 10.8. The third kappa shape index (κ3) is 7.60. The van der Waals surface area contributed by atoms with E-state index >= 15 is 0 Å². The Morgan fingerprint density at radius 2 is 1.68 bits per heavy atom. The fourth-order valence-electron chi connectivity index (χ4n) is 1.13. The number of aliphatic carboxylic acids is 1. The maximum Gasteiger partial charge on any atom is 0.342 e. The smallest absolute Gasteiger partial charge is 0.342 e. The van der Waals surface area contributed by atoms with E-state index in [1.54, 1.807) is 6.26 Å². The van der Waals surface area contributed by atoms with Crippen LogP contribution in [0.4, 0.5) is 0 Å². The van der Waals surface area contributed by atoms with Crippen molar-refractivity contribution in [2.24, 2.45) is 0 Å². The number of hydrogen-bond donors (Lipinski definition) is 6. The molecule has 0 amide bonds. The maximum absolute atomic E-state index is 11.0. The van der Waals surface area contributed by atoms with E-state index in [2.05, 4.69) is 5.32 Å². The second-order valence-corrected chi connectivity index (χ2v) is 10.9. The first-order valence-electron chi connectivity index (χ1n) is 4.72. The van der Waals surface area contributed by atoms with Crippen LogP contribution in [0.25, 0.3) is 0 Å². The second-order valence-electron chi connectivity index (χ2n) is 3.70. The molecule has 2 atom stereocenters. The maximum atomic E-state index is 11.0. The normalized spacial score (nSPS) is 16.3. The molecule has 2 unspecified atom stereocenters. The van der Waals surface area contributed by atoms with Crippen LogP contribution in [0.5, 0.6) is 0 Å². The molecular weight excluding hydrogens is 340 g/mol. The molecule has 0 aliphatic rings. The molecule has 0 saturated carbocycles. The summed E-state index contributed by atoms with van der Waals surface area (Å²) in [7, 11) is -10.8. The zero-order valence-electron chi connectivity index (χ0n) is 9.74.